The first-order valence-electron chi connectivity index (χ1n) is 4.74. The molecule has 1 nitrogen and oxygen atoms in total. The van der Waals surface area contributed by atoms with Gasteiger partial charge in [0.15, 0.2) is 0 Å². The molecule has 0 unspecified atom stereocenters. The van der Waals surface area contributed by atoms with Crippen molar-refractivity contribution >= 4 is 0 Å². The lowest BCUT2D eigenvalue weighted by molar-refractivity contribution is 0.622. The van der Waals surface area contributed by atoms with Crippen molar-refractivity contribution in [2.75, 3.05) is 0 Å². The standard InChI is InChI=1S/C11H14FN/c1-8-6-10(12)3-2-9(8)7-13-11-4-5-11/h2-3,6,11,13H,4-5,7H2,1H3. The SMILES string of the molecule is Cc1cc(F)ccc1CNC1CC1. The van der Waals surface area contributed by atoms with Crippen LogP contribution in [0.5, 0.6) is 0 Å². The van der Waals surface area contributed by atoms with Gasteiger partial charge in [0.25, 0.3) is 0 Å². The molecule has 1 fully saturated rings. The third kappa shape index (κ3) is 2.28. The molecule has 70 valence electrons. The van der Waals surface area contributed by atoms with Gasteiger partial charge in [-0.05, 0) is 43.0 Å². The van der Waals surface area contributed by atoms with Gasteiger partial charge < -0.3 is 5.32 Å². The fraction of sp³-hybridized carbons (Fsp3) is 0.455. The van der Waals surface area contributed by atoms with Crippen LogP contribution in [0.2, 0.25) is 0 Å². The Morgan fingerprint density at radius 3 is 2.85 bits per heavy atom. The van der Waals surface area contributed by atoms with Gasteiger partial charge in [-0.15, -0.1) is 0 Å². The van der Waals surface area contributed by atoms with E-state index in [-0.39, 0.29) is 5.82 Å². The number of benzene rings is 1. The maximum atomic E-state index is 12.7. The molecule has 0 atom stereocenters. The Labute approximate surface area is 78.0 Å². The van der Waals surface area contributed by atoms with Gasteiger partial charge in [0.2, 0.25) is 0 Å². The van der Waals surface area contributed by atoms with Crippen molar-refractivity contribution in [3.8, 4) is 0 Å². The Hall–Kier alpha value is -0.890. The molecule has 2 heteroatoms. The minimum absolute atomic E-state index is 0.146. The van der Waals surface area contributed by atoms with Crippen LogP contribution in [0.25, 0.3) is 0 Å². The monoisotopic (exact) mass is 179 g/mol. The lowest BCUT2D eigenvalue weighted by atomic mass is 10.1. The fourth-order valence-corrected chi connectivity index (χ4v) is 1.40. The van der Waals surface area contributed by atoms with E-state index in [1.807, 2.05) is 13.0 Å². The van der Waals surface area contributed by atoms with E-state index in [9.17, 15) is 4.39 Å². The molecule has 0 aliphatic heterocycles. The number of nitrogens with one attached hydrogen (secondary N) is 1. The summed E-state index contributed by atoms with van der Waals surface area (Å²) in [5, 5.41) is 3.41. The molecule has 0 aromatic heterocycles. The molecule has 1 aliphatic rings. The van der Waals surface area contributed by atoms with E-state index in [0.29, 0.717) is 6.04 Å². The highest BCUT2D eigenvalue weighted by atomic mass is 19.1. The second-order valence-corrected chi connectivity index (χ2v) is 3.73. The Morgan fingerprint density at radius 2 is 2.23 bits per heavy atom. The van der Waals surface area contributed by atoms with E-state index in [1.54, 1.807) is 6.07 Å². The molecule has 0 bridgehead atoms. The zero-order valence-corrected chi connectivity index (χ0v) is 7.81. The summed E-state index contributed by atoms with van der Waals surface area (Å²) in [6, 6.07) is 5.69. The number of hydrogen-bond acceptors (Lipinski definition) is 1. The number of rotatable bonds is 3. The molecule has 0 heterocycles. The lowest BCUT2D eigenvalue weighted by Crippen LogP contribution is -2.15. The van der Waals surface area contributed by atoms with Crippen molar-refractivity contribution in [3.05, 3.63) is 35.1 Å². The van der Waals surface area contributed by atoms with Crippen LogP contribution in [0.4, 0.5) is 4.39 Å². The molecular formula is C11H14FN. The Bertz CT molecular complexity index is 305. The third-order valence-electron chi connectivity index (χ3n) is 2.46. The van der Waals surface area contributed by atoms with Crippen LogP contribution >= 0.6 is 0 Å². The van der Waals surface area contributed by atoms with Crippen LogP contribution in [-0.2, 0) is 6.54 Å². The molecule has 0 spiro atoms. The highest BCUT2D eigenvalue weighted by molar-refractivity contribution is 5.26. The highest BCUT2D eigenvalue weighted by Gasteiger charge is 2.20. The molecule has 2 rings (SSSR count). The summed E-state index contributed by atoms with van der Waals surface area (Å²) < 4.78 is 12.7. The smallest absolute Gasteiger partial charge is 0.123 e. The molecule has 1 aliphatic carbocycles. The van der Waals surface area contributed by atoms with Gasteiger partial charge in [0, 0.05) is 12.6 Å². The van der Waals surface area contributed by atoms with Crippen molar-refractivity contribution in [1.82, 2.24) is 5.32 Å². The zero-order chi connectivity index (χ0) is 9.26. The van der Waals surface area contributed by atoms with Gasteiger partial charge >= 0.3 is 0 Å². The van der Waals surface area contributed by atoms with Crippen molar-refractivity contribution in [2.45, 2.75) is 32.4 Å². The topological polar surface area (TPSA) is 12.0 Å². The normalized spacial score (nSPS) is 16.2. The van der Waals surface area contributed by atoms with Crippen molar-refractivity contribution < 1.29 is 4.39 Å². The molecule has 1 N–H and O–H groups in total. The largest absolute Gasteiger partial charge is 0.310 e. The van der Waals surface area contributed by atoms with E-state index in [0.717, 1.165) is 12.1 Å². The predicted molar refractivity (Wildman–Crippen MR) is 51.0 cm³/mol. The maximum absolute atomic E-state index is 12.7. The van der Waals surface area contributed by atoms with Gasteiger partial charge in [-0.1, -0.05) is 6.07 Å². The van der Waals surface area contributed by atoms with E-state index >= 15 is 0 Å². The van der Waals surface area contributed by atoms with Crippen molar-refractivity contribution in [2.24, 2.45) is 0 Å². The van der Waals surface area contributed by atoms with Gasteiger partial charge in [0.05, 0.1) is 0 Å². The summed E-state index contributed by atoms with van der Waals surface area (Å²) >= 11 is 0. The molecular weight excluding hydrogens is 165 g/mol. The average Bonchev–Trinajstić information content (AvgIpc) is 2.86. The van der Waals surface area contributed by atoms with Crippen LogP contribution in [0.1, 0.15) is 24.0 Å². The zero-order valence-electron chi connectivity index (χ0n) is 7.81. The minimum Gasteiger partial charge on any atom is -0.310 e. The lowest BCUT2D eigenvalue weighted by Gasteiger charge is -2.06. The molecule has 1 aromatic rings. The first-order valence-corrected chi connectivity index (χ1v) is 4.74. The van der Waals surface area contributed by atoms with E-state index < -0.39 is 0 Å². The Morgan fingerprint density at radius 1 is 1.46 bits per heavy atom. The molecule has 1 aromatic carbocycles. The summed E-state index contributed by atoms with van der Waals surface area (Å²) in [6.45, 7) is 2.82. The minimum atomic E-state index is -0.146. The second-order valence-electron chi connectivity index (χ2n) is 3.73. The maximum Gasteiger partial charge on any atom is 0.123 e. The van der Waals surface area contributed by atoms with E-state index in [2.05, 4.69) is 5.32 Å². The van der Waals surface area contributed by atoms with Gasteiger partial charge in [0.1, 0.15) is 5.82 Å². The number of halogens is 1. The Balaban J connectivity index is 2.01. The van der Waals surface area contributed by atoms with Crippen LogP contribution < -0.4 is 5.32 Å². The van der Waals surface area contributed by atoms with Crippen molar-refractivity contribution in [1.29, 1.82) is 0 Å². The highest BCUT2D eigenvalue weighted by Crippen LogP contribution is 2.20. The number of aryl methyl sites for hydroxylation is 1. The van der Waals surface area contributed by atoms with Crippen LogP contribution in [-0.4, -0.2) is 6.04 Å². The fourth-order valence-electron chi connectivity index (χ4n) is 1.40. The van der Waals surface area contributed by atoms with E-state index in [4.69, 9.17) is 0 Å². The van der Waals surface area contributed by atoms with Crippen molar-refractivity contribution in [3.63, 3.8) is 0 Å². The van der Waals surface area contributed by atoms with E-state index in [1.165, 1.54) is 24.5 Å². The summed E-state index contributed by atoms with van der Waals surface area (Å²) in [6.07, 6.45) is 2.58. The Kier molecular flexibility index (Phi) is 2.32. The summed E-state index contributed by atoms with van der Waals surface area (Å²) in [5.41, 5.74) is 2.24. The first-order chi connectivity index (χ1) is 6.25. The van der Waals surface area contributed by atoms with Gasteiger partial charge in [-0.3, -0.25) is 0 Å². The first kappa shape index (κ1) is 8.70. The molecule has 0 radical (unpaired) electrons. The molecule has 0 saturated heterocycles. The average molecular weight is 179 g/mol. The summed E-state index contributed by atoms with van der Waals surface area (Å²) in [4.78, 5) is 0. The van der Waals surface area contributed by atoms with Gasteiger partial charge in [-0.2, -0.15) is 0 Å². The second kappa shape index (κ2) is 3.46. The molecule has 1 saturated carbocycles. The summed E-state index contributed by atoms with van der Waals surface area (Å²) in [7, 11) is 0. The predicted octanol–water partition coefficient (Wildman–Crippen LogP) is 2.39. The molecule has 13 heavy (non-hydrogen) atoms. The number of hydrogen-bond donors (Lipinski definition) is 1. The van der Waals surface area contributed by atoms with Crippen LogP contribution in [0.15, 0.2) is 18.2 Å². The third-order valence-corrected chi connectivity index (χ3v) is 2.46. The summed E-state index contributed by atoms with van der Waals surface area (Å²) in [5.74, 6) is -0.146. The van der Waals surface area contributed by atoms with Crippen LogP contribution in [0, 0.1) is 12.7 Å². The van der Waals surface area contributed by atoms with Gasteiger partial charge in [-0.25, -0.2) is 4.39 Å². The molecule has 0 amide bonds. The van der Waals surface area contributed by atoms with Crippen LogP contribution in [0.3, 0.4) is 0 Å². The quantitative estimate of drug-likeness (QED) is 0.751.